The molecule has 0 aromatic heterocycles. The quantitative estimate of drug-likeness (QED) is 0.712. The van der Waals surface area contributed by atoms with E-state index in [9.17, 15) is 4.79 Å². The average molecular weight is 412 g/mol. The minimum absolute atomic E-state index is 0.152. The van der Waals surface area contributed by atoms with E-state index in [1.807, 2.05) is 51.1 Å². The lowest BCUT2D eigenvalue weighted by Gasteiger charge is -2.19. The summed E-state index contributed by atoms with van der Waals surface area (Å²) in [4.78, 5) is 12.8. The van der Waals surface area contributed by atoms with Gasteiger partial charge in [-0.15, -0.1) is 0 Å². The number of carbonyl (C=O) groups excluding carboxylic acids is 1. The Morgan fingerprint density at radius 3 is 2.17 bits per heavy atom. The number of methoxy groups -OCH3 is 2. The van der Waals surface area contributed by atoms with Gasteiger partial charge in [-0.1, -0.05) is 6.92 Å². The molecule has 1 heterocycles. The van der Waals surface area contributed by atoms with Crippen molar-refractivity contribution in [3.8, 4) is 23.0 Å². The van der Waals surface area contributed by atoms with Crippen molar-refractivity contribution < 1.29 is 23.7 Å². The number of hydrogen-bond donors (Lipinski definition) is 1. The van der Waals surface area contributed by atoms with E-state index in [1.165, 1.54) is 0 Å². The van der Waals surface area contributed by atoms with E-state index in [0.717, 1.165) is 16.7 Å². The Labute approximate surface area is 177 Å². The van der Waals surface area contributed by atoms with Crippen LogP contribution < -0.4 is 24.4 Å². The van der Waals surface area contributed by atoms with E-state index < -0.39 is 0 Å². The highest BCUT2D eigenvalue weighted by Gasteiger charge is 2.29. The lowest BCUT2D eigenvalue weighted by atomic mass is 9.87. The van der Waals surface area contributed by atoms with Gasteiger partial charge in [-0.05, 0) is 56.2 Å². The lowest BCUT2D eigenvalue weighted by molar-refractivity contribution is -0.122. The van der Waals surface area contributed by atoms with Gasteiger partial charge in [0, 0.05) is 11.1 Å². The molecule has 0 saturated heterocycles. The molecular formula is C23H28N2O5. The van der Waals surface area contributed by atoms with Crippen LogP contribution in [0.15, 0.2) is 35.4 Å². The molecule has 2 aromatic rings. The fourth-order valence-electron chi connectivity index (χ4n) is 3.60. The molecule has 30 heavy (non-hydrogen) atoms. The minimum atomic E-state index is -0.351. The molecule has 0 aliphatic carbocycles. The first-order valence-corrected chi connectivity index (χ1v) is 10.1. The second-order valence-electron chi connectivity index (χ2n) is 6.72. The molecule has 1 amide bonds. The predicted octanol–water partition coefficient (Wildman–Crippen LogP) is 3.88. The van der Waals surface area contributed by atoms with E-state index in [-0.39, 0.29) is 11.8 Å². The molecule has 7 nitrogen and oxygen atoms in total. The van der Waals surface area contributed by atoms with Crippen LogP contribution in [0.25, 0.3) is 0 Å². The summed E-state index contributed by atoms with van der Waals surface area (Å²) in [5.41, 5.74) is 5.79. The maximum atomic E-state index is 12.8. The zero-order valence-electron chi connectivity index (χ0n) is 18.1. The van der Waals surface area contributed by atoms with Crippen molar-refractivity contribution in [2.24, 2.45) is 5.10 Å². The maximum absolute atomic E-state index is 12.8. The molecule has 1 aliphatic rings. The van der Waals surface area contributed by atoms with Crippen LogP contribution in [0, 0.1) is 0 Å². The van der Waals surface area contributed by atoms with Gasteiger partial charge in [-0.25, -0.2) is 5.43 Å². The number of hydrogen-bond acceptors (Lipinski definition) is 6. The van der Waals surface area contributed by atoms with Crippen LogP contribution in [0.1, 0.15) is 49.8 Å². The summed E-state index contributed by atoms with van der Waals surface area (Å²) in [6, 6.07) is 9.36. The Bertz CT molecular complexity index is 955. The van der Waals surface area contributed by atoms with Crippen LogP contribution in [0.5, 0.6) is 23.0 Å². The highest BCUT2D eigenvalue weighted by molar-refractivity contribution is 6.16. The normalized spacial score (nSPS) is 15.4. The van der Waals surface area contributed by atoms with E-state index in [1.54, 1.807) is 14.2 Å². The van der Waals surface area contributed by atoms with Crippen LogP contribution >= 0.6 is 0 Å². The molecular weight excluding hydrogens is 384 g/mol. The van der Waals surface area contributed by atoms with E-state index in [4.69, 9.17) is 18.9 Å². The number of benzene rings is 2. The molecule has 0 spiro atoms. The van der Waals surface area contributed by atoms with Crippen molar-refractivity contribution in [3.05, 3.63) is 47.0 Å². The van der Waals surface area contributed by atoms with Gasteiger partial charge in [-0.2, -0.15) is 5.10 Å². The average Bonchev–Trinajstić information content (AvgIpc) is 2.89. The Morgan fingerprint density at radius 1 is 0.900 bits per heavy atom. The number of fused-ring (bicyclic) bond motifs is 1. The standard InChI is InChI=1S/C23H28N2O5/c1-6-15-16-12-20(29-7-2)21(30-8-3)13-17(16)22(24-25-23(15)26)14-9-10-18(27-4)19(11-14)28-5/h9-13,15H,6-8H2,1-5H3,(H,25,26). The number of hydrazone groups is 1. The summed E-state index contributed by atoms with van der Waals surface area (Å²) in [6.45, 7) is 6.81. The van der Waals surface area contributed by atoms with Crippen molar-refractivity contribution in [2.45, 2.75) is 33.1 Å². The van der Waals surface area contributed by atoms with Gasteiger partial charge in [0.1, 0.15) is 0 Å². The third-order valence-electron chi connectivity index (χ3n) is 5.01. The smallest absolute Gasteiger partial charge is 0.247 e. The van der Waals surface area contributed by atoms with Gasteiger partial charge in [0.15, 0.2) is 23.0 Å². The molecule has 0 bridgehead atoms. The SMILES string of the molecule is CCOc1cc2c(cc1OCC)C(CC)C(=O)NN=C2c1ccc(OC)c(OC)c1. The fourth-order valence-corrected chi connectivity index (χ4v) is 3.60. The number of amides is 1. The molecule has 2 aromatic carbocycles. The molecule has 7 heteroatoms. The van der Waals surface area contributed by atoms with Crippen molar-refractivity contribution in [2.75, 3.05) is 27.4 Å². The van der Waals surface area contributed by atoms with Gasteiger partial charge in [-0.3, -0.25) is 4.79 Å². The molecule has 0 saturated carbocycles. The lowest BCUT2D eigenvalue weighted by Crippen LogP contribution is -2.23. The van der Waals surface area contributed by atoms with Crippen LogP contribution in [0.2, 0.25) is 0 Å². The Balaban J connectivity index is 2.23. The summed E-state index contributed by atoms with van der Waals surface area (Å²) >= 11 is 0. The first-order valence-electron chi connectivity index (χ1n) is 10.1. The summed E-state index contributed by atoms with van der Waals surface area (Å²) in [5.74, 6) is 1.94. The van der Waals surface area contributed by atoms with Crippen molar-refractivity contribution in [1.29, 1.82) is 0 Å². The van der Waals surface area contributed by atoms with E-state index >= 15 is 0 Å². The monoisotopic (exact) mass is 412 g/mol. The molecule has 1 unspecified atom stereocenters. The first-order chi connectivity index (χ1) is 14.6. The number of nitrogens with zero attached hydrogens (tertiary/aromatic N) is 1. The second kappa shape index (κ2) is 9.52. The van der Waals surface area contributed by atoms with Crippen molar-refractivity contribution >= 4 is 11.6 Å². The minimum Gasteiger partial charge on any atom is -0.493 e. The van der Waals surface area contributed by atoms with E-state index in [2.05, 4.69) is 10.5 Å². The number of ether oxygens (including phenoxy) is 4. The maximum Gasteiger partial charge on any atom is 0.247 e. The number of nitrogens with one attached hydrogen (secondary N) is 1. The predicted molar refractivity (Wildman–Crippen MR) is 115 cm³/mol. The van der Waals surface area contributed by atoms with Gasteiger partial charge in [0.2, 0.25) is 5.91 Å². The number of carbonyl (C=O) groups is 1. The summed E-state index contributed by atoms with van der Waals surface area (Å²) in [5, 5.41) is 4.45. The molecule has 3 rings (SSSR count). The molecule has 1 atom stereocenters. The Hall–Kier alpha value is -3.22. The molecule has 1 N–H and O–H groups in total. The van der Waals surface area contributed by atoms with Gasteiger partial charge < -0.3 is 18.9 Å². The third kappa shape index (κ3) is 4.06. The summed E-state index contributed by atoms with van der Waals surface area (Å²) in [6.07, 6.45) is 0.632. The van der Waals surface area contributed by atoms with Gasteiger partial charge >= 0.3 is 0 Å². The molecule has 0 radical (unpaired) electrons. The van der Waals surface area contributed by atoms with Crippen molar-refractivity contribution in [3.63, 3.8) is 0 Å². The van der Waals surface area contributed by atoms with Gasteiger partial charge in [0.25, 0.3) is 0 Å². The highest BCUT2D eigenvalue weighted by Crippen LogP contribution is 2.38. The van der Waals surface area contributed by atoms with Crippen LogP contribution in [0.3, 0.4) is 0 Å². The summed E-state index contributed by atoms with van der Waals surface area (Å²) in [7, 11) is 3.17. The van der Waals surface area contributed by atoms with Crippen LogP contribution in [-0.2, 0) is 4.79 Å². The molecule has 0 fully saturated rings. The van der Waals surface area contributed by atoms with Crippen LogP contribution in [0.4, 0.5) is 0 Å². The van der Waals surface area contributed by atoms with E-state index in [0.29, 0.717) is 48.3 Å². The molecule has 160 valence electrons. The third-order valence-corrected chi connectivity index (χ3v) is 5.01. The topological polar surface area (TPSA) is 78.4 Å². The van der Waals surface area contributed by atoms with Gasteiger partial charge in [0.05, 0.1) is 39.1 Å². The van der Waals surface area contributed by atoms with Crippen LogP contribution in [-0.4, -0.2) is 39.1 Å². The fraction of sp³-hybridized carbons (Fsp3) is 0.391. The Morgan fingerprint density at radius 2 is 1.57 bits per heavy atom. The largest absolute Gasteiger partial charge is 0.493 e. The first kappa shape index (κ1) is 21.5. The molecule has 1 aliphatic heterocycles. The zero-order chi connectivity index (χ0) is 21.7. The second-order valence-corrected chi connectivity index (χ2v) is 6.72. The van der Waals surface area contributed by atoms with Crippen molar-refractivity contribution in [1.82, 2.24) is 5.43 Å². The summed E-state index contributed by atoms with van der Waals surface area (Å²) < 4.78 is 22.4. The zero-order valence-corrected chi connectivity index (χ0v) is 18.1. The Kier molecular flexibility index (Phi) is 6.82. The number of rotatable bonds is 8. The highest BCUT2D eigenvalue weighted by atomic mass is 16.5.